The summed E-state index contributed by atoms with van der Waals surface area (Å²) in [5, 5.41) is 14.9. The van der Waals surface area contributed by atoms with Gasteiger partial charge in [-0.15, -0.1) is 0 Å². The first-order valence-electron chi connectivity index (χ1n) is 6.93. The van der Waals surface area contributed by atoms with Crippen LogP contribution < -0.4 is 10.6 Å². The monoisotopic (exact) mass is 288 g/mol. The van der Waals surface area contributed by atoms with Crippen LogP contribution in [0.25, 0.3) is 0 Å². The molecule has 0 aliphatic carbocycles. The van der Waals surface area contributed by atoms with E-state index in [2.05, 4.69) is 15.6 Å². The number of nitrogens with one attached hydrogen (secondary N) is 2. The zero-order chi connectivity index (χ0) is 14.9. The van der Waals surface area contributed by atoms with E-state index in [4.69, 9.17) is 0 Å². The summed E-state index contributed by atoms with van der Waals surface area (Å²) >= 11 is 0. The number of amides is 2. The number of aliphatic hydroxyl groups is 1. The largest absolute Gasteiger partial charge is 0.394 e. The number of benzene rings is 1. The van der Waals surface area contributed by atoms with Crippen LogP contribution in [-0.4, -0.2) is 39.9 Å². The van der Waals surface area contributed by atoms with Crippen LogP contribution in [0.15, 0.2) is 49.1 Å². The van der Waals surface area contributed by atoms with Gasteiger partial charge in [-0.2, -0.15) is 0 Å². The molecule has 1 atom stereocenters. The maximum Gasteiger partial charge on any atom is 0.315 e. The lowest BCUT2D eigenvalue weighted by atomic mass is 10.1. The number of hydrogen-bond acceptors (Lipinski definition) is 3. The summed E-state index contributed by atoms with van der Waals surface area (Å²) in [5.74, 6) is 0. The highest BCUT2D eigenvalue weighted by molar-refractivity contribution is 5.74. The van der Waals surface area contributed by atoms with Gasteiger partial charge in [0.2, 0.25) is 0 Å². The SMILES string of the molecule is O=C(NCCn1ccnc1)NC(CO)Cc1ccccc1. The maximum absolute atomic E-state index is 11.8. The molecular weight excluding hydrogens is 268 g/mol. The van der Waals surface area contributed by atoms with Crippen molar-refractivity contribution in [2.45, 2.75) is 19.0 Å². The third-order valence-electron chi connectivity index (χ3n) is 3.10. The van der Waals surface area contributed by atoms with E-state index < -0.39 is 0 Å². The van der Waals surface area contributed by atoms with Crippen molar-refractivity contribution in [1.82, 2.24) is 20.2 Å². The van der Waals surface area contributed by atoms with Crippen molar-refractivity contribution in [3.05, 3.63) is 54.6 Å². The quantitative estimate of drug-likeness (QED) is 0.704. The number of rotatable bonds is 7. The average Bonchev–Trinajstić information content (AvgIpc) is 3.01. The molecule has 0 saturated carbocycles. The predicted molar refractivity (Wildman–Crippen MR) is 79.8 cm³/mol. The van der Waals surface area contributed by atoms with E-state index in [1.807, 2.05) is 41.1 Å². The molecule has 0 saturated heterocycles. The van der Waals surface area contributed by atoms with E-state index in [0.717, 1.165) is 5.56 Å². The molecule has 2 rings (SSSR count). The Bertz CT molecular complexity index is 528. The van der Waals surface area contributed by atoms with Gasteiger partial charge < -0.3 is 20.3 Å². The summed E-state index contributed by atoms with van der Waals surface area (Å²) < 4.78 is 1.88. The Hall–Kier alpha value is -2.34. The first-order chi connectivity index (χ1) is 10.3. The number of nitrogens with zero attached hydrogens (tertiary/aromatic N) is 2. The van der Waals surface area contributed by atoms with Gasteiger partial charge in [0.15, 0.2) is 0 Å². The van der Waals surface area contributed by atoms with E-state index >= 15 is 0 Å². The van der Waals surface area contributed by atoms with Crippen LogP contribution in [0.5, 0.6) is 0 Å². The van der Waals surface area contributed by atoms with E-state index in [9.17, 15) is 9.90 Å². The molecule has 1 heterocycles. The summed E-state index contributed by atoms with van der Waals surface area (Å²) in [6.45, 7) is 1.07. The van der Waals surface area contributed by atoms with E-state index in [1.54, 1.807) is 12.5 Å². The van der Waals surface area contributed by atoms with Gasteiger partial charge in [-0.05, 0) is 12.0 Å². The van der Waals surface area contributed by atoms with Gasteiger partial charge in [0.1, 0.15) is 0 Å². The van der Waals surface area contributed by atoms with Crippen LogP contribution in [0.1, 0.15) is 5.56 Å². The van der Waals surface area contributed by atoms with Crippen molar-refractivity contribution < 1.29 is 9.90 Å². The Morgan fingerprint density at radius 3 is 2.81 bits per heavy atom. The second-order valence-electron chi connectivity index (χ2n) is 4.77. The molecule has 0 radical (unpaired) electrons. The van der Waals surface area contributed by atoms with Crippen molar-refractivity contribution in [2.75, 3.05) is 13.2 Å². The third-order valence-corrected chi connectivity index (χ3v) is 3.10. The molecule has 2 aromatic rings. The van der Waals surface area contributed by atoms with Crippen molar-refractivity contribution >= 4 is 6.03 Å². The summed E-state index contributed by atoms with van der Waals surface area (Å²) in [7, 11) is 0. The van der Waals surface area contributed by atoms with Crippen LogP contribution >= 0.6 is 0 Å². The molecule has 0 bridgehead atoms. The summed E-state index contributed by atoms with van der Waals surface area (Å²) in [4.78, 5) is 15.7. The van der Waals surface area contributed by atoms with Crippen molar-refractivity contribution in [3.63, 3.8) is 0 Å². The second-order valence-corrected chi connectivity index (χ2v) is 4.77. The normalized spacial score (nSPS) is 11.9. The highest BCUT2D eigenvalue weighted by Crippen LogP contribution is 2.02. The smallest absolute Gasteiger partial charge is 0.315 e. The Morgan fingerprint density at radius 1 is 1.33 bits per heavy atom. The van der Waals surface area contributed by atoms with Crippen LogP contribution in [0.3, 0.4) is 0 Å². The highest BCUT2D eigenvalue weighted by atomic mass is 16.3. The van der Waals surface area contributed by atoms with Crippen LogP contribution in [0, 0.1) is 0 Å². The molecule has 1 aromatic heterocycles. The minimum absolute atomic E-state index is 0.0934. The number of urea groups is 1. The predicted octanol–water partition coefficient (Wildman–Crippen LogP) is 0.786. The van der Waals surface area contributed by atoms with Gasteiger partial charge in [-0.25, -0.2) is 9.78 Å². The Labute approximate surface area is 123 Å². The molecule has 1 aromatic carbocycles. The zero-order valence-corrected chi connectivity index (χ0v) is 11.8. The average molecular weight is 288 g/mol. The number of imidazole rings is 1. The van der Waals surface area contributed by atoms with Gasteiger partial charge in [0.25, 0.3) is 0 Å². The van der Waals surface area contributed by atoms with E-state index in [1.165, 1.54) is 0 Å². The molecule has 0 fully saturated rings. The van der Waals surface area contributed by atoms with E-state index in [-0.39, 0.29) is 18.7 Å². The molecule has 0 aliphatic rings. The second kappa shape index (κ2) is 8.06. The zero-order valence-electron chi connectivity index (χ0n) is 11.8. The molecule has 3 N–H and O–H groups in total. The molecule has 6 nitrogen and oxygen atoms in total. The molecule has 21 heavy (non-hydrogen) atoms. The fourth-order valence-corrected chi connectivity index (χ4v) is 2.01. The number of aromatic nitrogens is 2. The fraction of sp³-hybridized carbons (Fsp3) is 0.333. The van der Waals surface area contributed by atoms with Crippen LogP contribution in [-0.2, 0) is 13.0 Å². The molecule has 0 spiro atoms. The lowest BCUT2D eigenvalue weighted by molar-refractivity contribution is 0.215. The number of aliphatic hydroxyl groups excluding tert-OH is 1. The molecular formula is C15H20N4O2. The van der Waals surface area contributed by atoms with Crippen molar-refractivity contribution in [2.24, 2.45) is 0 Å². The first-order valence-corrected chi connectivity index (χ1v) is 6.93. The molecule has 2 amide bonds. The van der Waals surface area contributed by atoms with Gasteiger partial charge in [-0.3, -0.25) is 0 Å². The lowest BCUT2D eigenvalue weighted by Gasteiger charge is -2.17. The first kappa shape index (κ1) is 15.1. The summed E-state index contributed by atoms with van der Waals surface area (Å²) in [5.41, 5.74) is 1.08. The van der Waals surface area contributed by atoms with E-state index in [0.29, 0.717) is 19.5 Å². The highest BCUT2D eigenvalue weighted by Gasteiger charge is 2.11. The number of carbonyl (C=O) groups excluding carboxylic acids is 1. The Balaban J connectivity index is 1.72. The molecule has 0 aliphatic heterocycles. The van der Waals surface area contributed by atoms with Crippen molar-refractivity contribution in [3.8, 4) is 0 Å². The minimum Gasteiger partial charge on any atom is -0.394 e. The standard InChI is InChI=1S/C15H20N4O2/c20-11-14(10-13-4-2-1-3-5-13)18-15(21)17-7-9-19-8-6-16-12-19/h1-6,8,12,14,20H,7,9-11H2,(H2,17,18,21). The van der Waals surface area contributed by atoms with Crippen LogP contribution in [0.4, 0.5) is 4.79 Å². The Kier molecular flexibility index (Phi) is 5.78. The van der Waals surface area contributed by atoms with Gasteiger partial charge >= 0.3 is 6.03 Å². The number of carbonyl (C=O) groups is 1. The maximum atomic E-state index is 11.8. The molecule has 6 heteroatoms. The molecule has 1 unspecified atom stereocenters. The Morgan fingerprint density at radius 2 is 2.14 bits per heavy atom. The van der Waals surface area contributed by atoms with Gasteiger partial charge in [0, 0.05) is 25.5 Å². The van der Waals surface area contributed by atoms with Crippen molar-refractivity contribution in [1.29, 1.82) is 0 Å². The lowest BCUT2D eigenvalue weighted by Crippen LogP contribution is -2.45. The van der Waals surface area contributed by atoms with Gasteiger partial charge in [-0.1, -0.05) is 30.3 Å². The fourth-order valence-electron chi connectivity index (χ4n) is 2.01. The van der Waals surface area contributed by atoms with Crippen LogP contribution in [0.2, 0.25) is 0 Å². The summed E-state index contributed by atoms with van der Waals surface area (Å²) in [6.07, 6.45) is 5.84. The summed E-state index contributed by atoms with van der Waals surface area (Å²) in [6, 6.07) is 9.20. The topological polar surface area (TPSA) is 79.2 Å². The number of hydrogen-bond donors (Lipinski definition) is 3. The van der Waals surface area contributed by atoms with Gasteiger partial charge in [0.05, 0.1) is 19.0 Å². The minimum atomic E-state index is -0.291. The third kappa shape index (κ3) is 5.27. The molecule has 112 valence electrons.